The van der Waals surface area contributed by atoms with Crippen LogP contribution in [-0.4, -0.2) is 29.3 Å². The molecule has 4 heteroatoms. The van der Waals surface area contributed by atoms with Gasteiger partial charge < -0.3 is 14.7 Å². The van der Waals surface area contributed by atoms with Crippen molar-refractivity contribution in [2.45, 2.75) is 39.0 Å². The maximum Gasteiger partial charge on any atom is 0.410 e. The van der Waals surface area contributed by atoms with Crippen molar-refractivity contribution in [2.24, 2.45) is 0 Å². The van der Waals surface area contributed by atoms with E-state index in [4.69, 9.17) is 9.84 Å². The van der Waals surface area contributed by atoms with Gasteiger partial charge in [-0.05, 0) is 29.5 Å². The minimum atomic E-state index is -0.265. The summed E-state index contributed by atoms with van der Waals surface area (Å²) in [7, 11) is 1.42. The van der Waals surface area contributed by atoms with Gasteiger partial charge in [0.15, 0.2) is 0 Å². The number of fused-ring (bicyclic) bond motifs is 1. The minimum Gasteiger partial charge on any atom is -0.453 e. The third-order valence-electron chi connectivity index (χ3n) is 3.57. The van der Waals surface area contributed by atoms with Gasteiger partial charge in [0.2, 0.25) is 0 Å². The summed E-state index contributed by atoms with van der Waals surface area (Å²) in [6.07, 6.45) is 1.46. The van der Waals surface area contributed by atoms with E-state index >= 15 is 0 Å². The van der Waals surface area contributed by atoms with Crippen molar-refractivity contribution in [3.8, 4) is 0 Å². The molecule has 1 N–H and O–H groups in total. The summed E-state index contributed by atoms with van der Waals surface area (Å²) in [6.45, 7) is 2.72. The Morgan fingerprint density at radius 1 is 1.50 bits per heavy atom. The zero-order valence-electron chi connectivity index (χ0n) is 10.8. The second kappa shape index (κ2) is 5.40. The van der Waals surface area contributed by atoms with Gasteiger partial charge in [0.25, 0.3) is 0 Å². The summed E-state index contributed by atoms with van der Waals surface area (Å²) in [5, 5.41) is 9.16. The fourth-order valence-corrected chi connectivity index (χ4v) is 2.49. The Balaban J connectivity index is 2.29. The summed E-state index contributed by atoms with van der Waals surface area (Å²) >= 11 is 0. The Hall–Kier alpha value is -1.55. The highest BCUT2D eigenvalue weighted by atomic mass is 16.5. The van der Waals surface area contributed by atoms with Crippen molar-refractivity contribution in [1.82, 2.24) is 4.90 Å². The lowest BCUT2D eigenvalue weighted by Gasteiger charge is -2.35. The molecule has 0 bridgehead atoms. The summed E-state index contributed by atoms with van der Waals surface area (Å²) in [5.41, 5.74) is 3.30. The maximum absolute atomic E-state index is 11.7. The molecule has 1 aliphatic rings. The molecule has 18 heavy (non-hydrogen) atoms. The fourth-order valence-electron chi connectivity index (χ4n) is 2.49. The van der Waals surface area contributed by atoms with Gasteiger partial charge in [0, 0.05) is 12.6 Å². The monoisotopic (exact) mass is 249 g/mol. The van der Waals surface area contributed by atoms with E-state index < -0.39 is 0 Å². The van der Waals surface area contributed by atoms with Gasteiger partial charge in [-0.1, -0.05) is 25.1 Å². The van der Waals surface area contributed by atoms with E-state index in [9.17, 15) is 4.79 Å². The molecule has 0 radical (unpaired) electrons. The van der Waals surface area contributed by atoms with Crippen molar-refractivity contribution < 1.29 is 14.6 Å². The molecule has 1 aliphatic heterocycles. The number of methoxy groups -OCH3 is 1. The van der Waals surface area contributed by atoms with Crippen molar-refractivity contribution in [1.29, 1.82) is 0 Å². The van der Waals surface area contributed by atoms with E-state index in [0.717, 1.165) is 24.0 Å². The molecule has 0 aliphatic carbocycles. The standard InChI is InChI=1S/C14H19NO3/c1-3-13-7-12-6-10(9-16)4-5-11(12)8-15(13)14(17)18-2/h4-6,13,16H,3,7-9H2,1-2H3. The third kappa shape index (κ3) is 2.34. The number of rotatable bonds is 2. The Labute approximate surface area is 107 Å². The largest absolute Gasteiger partial charge is 0.453 e. The van der Waals surface area contributed by atoms with Gasteiger partial charge in [0.05, 0.1) is 13.7 Å². The molecule has 1 aromatic rings. The van der Waals surface area contributed by atoms with E-state index in [1.165, 1.54) is 12.7 Å². The second-order valence-electron chi connectivity index (χ2n) is 4.63. The highest BCUT2D eigenvalue weighted by molar-refractivity contribution is 5.68. The molecule has 0 fully saturated rings. The summed E-state index contributed by atoms with van der Waals surface area (Å²) in [4.78, 5) is 13.5. The van der Waals surface area contributed by atoms with Gasteiger partial charge in [-0.3, -0.25) is 0 Å². The first-order valence-electron chi connectivity index (χ1n) is 6.25. The highest BCUT2D eigenvalue weighted by Gasteiger charge is 2.29. The molecule has 1 amide bonds. The Morgan fingerprint density at radius 2 is 2.28 bits per heavy atom. The zero-order valence-corrected chi connectivity index (χ0v) is 10.8. The lowest BCUT2D eigenvalue weighted by molar-refractivity contribution is 0.0949. The first-order chi connectivity index (χ1) is 8.69. The number of hydrogen-bond acceptors (Lipinski definition) is 3. The number of nitrogens with zero attached hydrogens (tertiary/aromatic N) is 1. The van der Waals surface area contributed by atoms with Crippen LogP contribution in [0.1, 0.15) is 30.0 Å². The molecule has 1 heterocycles. The molecule has 0 saturated heterocycles. The number of benzene rings is 1. The van der Waals surface area contributed by atoms with Gasteiger partial charge >= 0.3 is 6.09 Å². The van der Waals surface area contributed by atoms with Gasteiger partial charge in [-0.25, -0.2) is 4.79 Å². The second-order valence-corrected chi connectivity index (χ2v) is 4.63. The predicted molar refractivity (Wildman–Crippen MR) is 68.1 cm³/mol. The Kier molecular flexibility index (Phi) is 3.87. The number of ether oxygens (including phenoxy) is 1. The smallest absolute Gasteiger partial charge is 0.410 e. The van der Waals surface area contributed by atoms with Gasteiger partial charge in [0.1, 0.15) is 0 Å². The average Bonchev–Trinajstić information content (AvgIpc) is 2.44. The van der Waals surface area contributed by atoms with Gasteiger partial charge in [-0.2, -0.15) is 0 Å². The van der Waals surface area contributed by atoms with E-state index in [-0.39, 0.29) is 18.7 Å². The van der Waals surface area contributed by atoms with E-state index in [0.29, 0.717) is 6.54 Å². The molecular weight excluding hydrogens is 230 g/mol. The summed E-state index contributed by atoms with van der Waals surface area (Å²) in [5.74, 6) is 0. The minimum absolute atomic E-state index is 0.0603. The molecule has 0 saturated carbocycles. The normalized spacial score (nSPS) is 18.4. The predicted octanol–water partition coefficient (Wildman–Crippen LogP) is 2.08. The molecule has 0 aromatic heterocycles. The van der Waals surface area contributed by atoms with Crippen molar-refractivity contribution in [2.75, 3.05) is 7.11 Å². The van der Waals surface area contributed by atoms with E-state index in [2.05, 4.69) is 6.92 Å². The molecule has 4 nitrogen and oxygen atoms in total. The molecule has 98 valence electrons. The maximum atomic E-state index is 11.7. The number of amides is 1. The Morgan fingerprint density at radius 3 is 2.89 bits per heavy atom. The first kappa shape index (κ1) is 12.9. The lowest BCUT2D eigenvalue weighted by atomic mass is 9.91. The molecule has 0 spiro atoms. The number of carbonyl (C=O) groups excluding carboxylic acids is 1. The van der Waals surface area contributed by atoms with E-state index in [1.807, 2.05) is 18.2 Å². The Bertz CT molecular complexity index is 445. The number of hydrogen-bond donors (Lipinski definition) is 1. The van der Waals surface area contributed by atoms with Crippen LogP contribution in [0.2, 0.25) is 0 Å². The molecule has 1 unspecified atom stereocenters. The van der Waals surface area contributed by atoms with Gasteiger partial charge in [-0.15, -0.1) is 0 Å². The average molecular weight is 249 g/mol. The van der Waals surface area contributed by atoms with Crippen LogP contribution in [0, 0.1) is 0 Å². The quantitative estimate of drug-likeness (QED) is 0.873. The highest BCUT2D eigenvalue weighted by Crippen LogP contribution is 2.26. The molecular formula is C14H19NO3. The van der Waals surface area contributed by atoms with Crippen LogP contribution in [-0.2, 0) is 24.3 Å². The van der Waals surface area contributed by atoms with Crippen LogP contribution in [0.15, 0.2) is 18.2 Å². The molecule has 2 rings (SSSR count). The number of aliphatic hydroxyl groups is 1. The number of aliphatic hydroxyl groups excluding tert-OH is 1. The third-order valence-corrected chi connectivity index (χ3v) is 3.57. The van der Waals surface area contributed by atoms with Crippen LogP contribution in [0.4, 0.5) is 4.79 Å². The SMILES string of the molecule is CCC1Cc2cc(CO)ccc2CN1C(=O)OC. The molecule has 1 atom stereocenters. The van der Waals surface area contributed by atoms with Crippen molar-refractivity contribution >= 4 is 6.09 Å². The fraction of sp³-hybridized carbons (Fsp3) is 0.500. The lowest BCUT2D eigenvalue weighted by Crippen LogP contribution is -2.43. The van der Waals surface area contributed by atoms with Crippen molar-refractivity contribution in [3.63, 3.8) is 0 Å². The van der Waals surface area contributed by atoms with Crippen LogP contribution in [0.5, 0.6) is 0 Å². The van der Waals surface area contributed by atoms with Crippen LogP contribution >= 0.6 is 0 Å². The summed E-state index contributed by atoms with van der Waals surface area (Å²) in [6, 6.07) is 6.11. The van der Waals surface area contributed by atoms with E-state index in [1.54, 1.807) is 4.90 Å². The topological polar surface area (TPSA) is 49.8 Å². The first-order valence-corrected chi connectivity index (χ1v) is 6.25. The zero-order chi connectivity index (χ0) is 13.1. The van der Waals surface area contributed by atoms with Crippen molar-refractivity contribution in [3.05, 3.63) is 34.9 Å². The number of carbonyl (C=O) groups is 1. The van der Waals surface area contributed by atoms with Crippen LogP contribution in [0.25, 0.3) is 0 Å². The van der Waals surface area contributed by atoms with Crippen LogP contribution in [0.3, 0.4) is 0 Å². The van der Waals surface area contributed by atoms with Crippen LogP contribution < -0.4 is 0 Å². The molecule has 1 aromatic carbocycles. The summed E-state index contributed by atoms with van der Waals surface area (Å²) < 4.78 is 4.83.